The molecule has 0 aromatic heterocycles. The fraction of sp³-hybridized carbons (Fsp3) is 0.741. The van der Waals surface area contributed by atoms with Crippen LogP contribution >= 0.6 is 0 Å². The van der Waals surface area contributed by atoms with Gasteiger partial charge in [-0.05, 0) is 96.3 Å². The fourth-order valence-electron chi connectivity index (χ4n) is 11.4. The Hall–Kier alpha value is -3.41. The number of aliphatic hydroxyl groups excluding tert-OH is 5. The van der Waals surface area contributed by atoms with E-state index in [1.165, 1.54) is 218 Å². The molecule has 90 heavy (non-hydrogen) atoms. The van der Waals surface area contributed by atoms with E-state index >= 15 is 0 Å². The van der Waals surface area contributed by atoms with Crippen molar-refractivity contribution in [2.75, 3.05) is 13.2 Å². The molecule has 1 rings (SSSR count). The summed E-state index contributed by atoms with van der Waals surface area (Å²) < 4.78 is 11.3. The van der Waals surface area contributed by atoms with Crippen molar-refractivity contribution in [3.63, 3.8) is 0 Å². The van der Waals surface area contributed by atoms with Gasteiger partial charge in [-0.15, -0.1) is 0 Å². The second-order valence-electron chi connectivity index (χ2n) is 25.7. The normalized spacial score (nSPS) is 18.5. The molecule has 1 aliphatic heterocycles. The zero-order valence-electron chi connectivity index (χ0n) is 58.1. The van der Waals surface area contributed by atoms with Crippen molar-refractivity contribution < 1.29 is 39.8 Å². The van der Waals surface area contributed by atoms with E-state index in [1.807, 2.05) is 6.08 Å². The number of aliphatic hydroxyl groups is 5. The van der Waals surface area contributed by atoms with Gasteiger partial charge in [-0.25, -0.2) is 0 Å². The largest absolute Gasteiger partial charge is 0.394 e. The van der Waals surface area contributed by atoms with Gasteiger partial charge in [-0.2, -0.15) is 0 Å². The quantitative estimate of drug-likeness (QED) is 0.0261. The first-order valence-corrected chi connectivity index (χ1v) is 37.8. The molecule has 0 radical (unpaired) electrons. The number of carbonyl (C=O) groups is 1. The Bertz CT molecular complexity index is 1840. The van der Waals surface area contributed by atoms with E-state index in [2.05, 4.69) is 129 Å². The molecular weight excluding hydrogens is 1110 g/mol. The van der Waals surface area contributed by atoms with Gasteiger partial charge in [0.15, 0.2) is 6.29 Å². The minimum atomic E-state index is -1.58. The van der Waals surface area contributed by atoms with Gasteiger partial charge in [0.05, 0.1) is 25.4 Å². The maximum atomic E-state index is 13.2. The molecule has 1 fully saturated rings. The summed E-state index contributed by atoms with van der Waals surface area (Å²) in [5, 5.41) is 54.8. The standard InChI is InChI=1S/C81H141NO8/c1-3-5-7-9-11-13-15-17-19-21-23-25-27-29-31-33-34-35-36-37-38-39-40-41-42-43-45-47-49-51-53-55-57-59-61-63-65-67-69-71-77(85)82-74(73-89-81-80(88)79(87)78(86)76(72-83)90-81)75(84)70-68-66-64-62-60-58-56-54-52-50-48-46-44-32-30-28-26-24-22-20-18-16-14-12-10-8-6-4-2/h5,7,11,13,17,19,23,25,29,31,34-35,37-38,40-41,60,62,68,70,74-76,78-81,83-84,86-88H,3-4,6,8-10,12,14-16,18,20-22,24,26-28,30,32-33,36,39,42-59,61,63-67,69,71-73H2,1-2H3,(H,82,85)/b7-5-,13-11-,19-17-,25-23-,31-29-,35-34-,38-37-,41-40-,62-60+,70-68+. The Balaban J connectivity index is 2.13. The summed E-state index contributed by atoms with van der Waals surface area (Å²) in [6.07, 6.45) is 96.0. The first-order valence-electron chi connectivity index (χ1n) is 37.8. The van der Waals surface area contributed by atoms with Crippen molar-refractivity contribution in [2.45, 2.75) is 371 Å². The van der Waals surface area contributed by atoms with E-state index in [0.29, 0.717) is 6.42 Å². The Morgan fingerprint density at radius 2 is 0.700 bits per heavy atom. The van der Waals surface area contributed by atoms with Gasteiger partial charge in [0.25, 0.3) is 0 Å². The fourth-order valence-corrected chi connectivity index (χ4v) is 11.4. The molecule has 9 heteroatoms. The first kappa shape index (κ1) is 84.6. The number of ether oxygens (including phenoxy) is 2. The van der Waals surface area contributed by atoms with E-state index in [9.17, 15) is 30.3 Å². The highest BCUT2D eigenvalue weighted by Gasteiger charge is 2.44. The number of amides is 1. The Morgan fingerprint density at radius 1 is 0.389 bits per heavy atom. The van der Waals surface area contributed by atoms with Crippen LogP contribution in [0.2, 0.25) is 0 Å². The molecule has 1 amide bonds. The predicted molar refractivity (Wildman–Crippen MR) is 387 cm³/mol. The minimum absolute atomic E-state index is 0.188. The Labute approximate surface area is 554 Å². The van der Waals surface area contributed by atoms with E-state index in [4.69, 9.17) is 9.47 Å². The maximum absolute atomic E-state index is 13.2. The molecule has 1 heterocycles. The lowest BCUT2D eigenvalue weighted by Crippen LogP contribution is -2.60. The van der Waals surface area contributed by atoms with Crippen LogP contribution in [0, 0.1) is 0 Å². The van der Waals surface area contributed by atoms with Crippen molar-refractivity contribution in [1.29, 1.82) is 0 Å². The van der Waals surface area contributed by atoms with Crippen LogP contribution in [-0.2, 0) is 14.3 Å². The van der Waals surface area contributed by atoms with Gasteiger partial charge >= 0.3 is 0 Å². The molecule has 7 unspecified atom stereocenters. The summed E-state index contributed by atoms with van der Waals surface area (Å²) in [6, 6.07) is -0.831. The summed E-state index contributed by atoms with van der Waals surface area (Å²) in [4.78, 5) is 13.2. The number of unbranched alkanes of at least 4 members (excludes halogenated alkanes) is 37. The summed E-state index contributed by atoms with van der Waals surface area (Å²) in [5.74, 6) is -0.188. The van der Waals surface area contributed by atoms with Crippen LogP contribution in [-0.4, -0.2) is 87.5 Å². The third kappa shape index (κ3) is 56.2. The second-order valence-corrected chi connectivity index (χ2v) is 25.7. The maximum Gasteiger partial charge on any atom is 0.220 e. The number of nitrogens with one attached hydrogen (secondary N) is 1. The lowest BCUT2D eigenvalue weighted by molar-refractivity contribution is -0.302. The van der Waals surface area contributed by atoms with E-state index in [1.54, 1.807) is 6.08 Å². The topological polar surface area (TPSA) is 149 Å². The van der Waals surface area contributed by atoms with Crippen molar-refractivity contribution in [3.05, 3.63) is 122 Å². The Kier molecular flexibility index (Phi) is 64.3. The molecule has 7 atom stereocenters. The van der Waals surface area contributed by atoms with E-state index in [0.717, 1.165) is 89.9 Å². The highest BCUT2D eigenvalue weighted by molar-refractivity contribution is 5.76. The molecule has 1 saturated heterocycles. The number of allylic oxidation sites excluding steroid dienone is 19. The minimum Gasteiger partial charge on any atom is -0.394 e. The molecule has 0 aromatic rings. The van der Waals surface area contributed by atoms with Crippen LogP contribution in [0.4, 0.5) is 0 Å². The van der Waals surface area contributed by atoms with Crippen LogP contribution in [0.3, 0.4) is 0 Å². The highest BCUT2D eigenvalue weighted by atomic mass is 16.7. The van der Waals surface area contributed by atoms with Crippen molar-refractivity contribution in [2.24, 2.45) is 0 Å². The SMILES string of the molecule is CC/C=C\C/C=C\C/C=C\C/C=C\C/C=C\C/C=C\C/C=C\C/C=C\CCCCCCCCCCCCCCCCC(=O)NC(COC1OC(CO)C(O)C(O)C1O)C(O)/C=C/CC/C=C/CCCCCCCCCCCCCCCCCCCCCCCC. The third-order valence-corrected chi connectivity index (χ3v) is 17.3. The number of rotatable bonds is 65. The van der Waals surface area contributed by atoms with Crippen LogP contribution in [0.5, 0.6) is 0 Å². The van der Waals surface area contributed by atoms with Gasteiger partial charge in [0.1, 0.15) is 24.4 Å². The highest BCUT2D eigenvalue weighted by Crippen LogP contribution is 2.23. The third-order valence-electron chi connectivity index (χ3n) is 17.3. The lowest BCUT2D eigenvalue weighted by atomic mass is 9.99. The number of hydrogen-bond donors (Lipinski definition) is 6. The summed E-state index contributed by atoms with van der Waals surface area (Å²) in [5.41, 5.74) is 0. The van der Waals surface area contributed by atoms with Crippen LogP contribution in [0.1, 0.15) is 328 Å². The molecule has 0 saturated carbocycles. The lowest BCUT2D eigenvalue weighted by Gasteiger charge is -2.40. The number of carbonyl (C=O) groups excluding carboxylic acids is 1. The molecule has 0 bridgehead atoms. The van der Waals surface area contributed by atoms with E-state index < -0.39 is 49.5 Å². The molecule has 0 spiro atoms. The van der Waals surface area contributed by atoms with Gasteiger partial charge in [-0.3, -0.25) is 4.79 Å². The summed E-state index contributed by atoms with van der Waals surface area (Å²) >= 11 is 0. The predicted octanol–water partition coefficient (Wildman–Crippen LogP) is 21.4. The first-order chi connectivity index (χ1) is 44.3. The zero-order valence-corrected chi connectivity index (χ0v) is 58.1. The van der Waals surface area contributed by atoms with Crippen LogP contribution in [0.25, 0.3) is 0 Å². The molecule has 518 valence electrons. The zero-order chi connectivity index (χ0) is 64.9. The van der Waals surface area contributed by atoms with Crippen molar-refractivity contribution >= 4 is 5.91 Å². The van der Waals surface area contributed by atoms with Gasteiger partial charge in [0, 0.05) is 6.42 Å². The molecule has 9 nitrogen and oxygen atoms in total. The second kappa shape index (κ2) is 68.4. The number of hydrogen-bond acceptors (Lipinski definition) is 8. The van der Waals surface area contributed by atoms with Gasteiger partial charge in [0.2, 0.25) is 5.91 Å². The molecule has 1 aliphatic rings. The summed E-state index contributed by atoms with van der Waals surface area (Å²) in [6.45, 7) is 3.68. The average Bonchev–Trinajstić information content (AvgIpc) is 2.75. The van der Waals surface area contributed by atoms with Crippen molar-refractivity contribution in [3.8, 4) is 0 Å². The van der Waals surface area contributed by atoms with E-state index in [-0.39, 0.29) is 12.5 Å². The molecule has 6 N–H and O–H groups in total. The summed E-state index contributed by atoms with van der Waals surface area (Å²) in [7, 11) is 0. The van der Waals surface area contributed by atoms with Crippen LogP contribution in [0.15, 0.2) is 122 Å². The molecule has 0 aliphatic carbocycles. The van der Waals surface area contributed by atoms with Gasteiger partial charge in [-0.1, -0.05) is 347 Å². The van der Waals surface area contributed by atoms with Crippen LogP contribution < -0.4 is 5.32 Å². The van der Waals surface area contributed by atoms with Gasteiger partial charge < -0.3 is 40.3 Å². The average molecular weight is 1260 g/mol. The van der Waals surface area contributed by atoms with Crippen molar-refractivity contribution in [1.82, 2.24) is 5.32 Å². The molecule has 0 aromatic carbocycles. The monoisotopic (exact) mass is 1260 g/mol. The smallest absolute Gasteiger partial charge is 0.220 e. The molecular formula is C81H141NO8. The Morgan fingerprint density at radius 3 is 1.07 bits per heavy atom.